The van der Waals surface area contributed by atoms with E-state index in [-0.39, 0.29) is 318 Å². The van der Waals surface area contributed by atoms with Gasteiger partial charge in [0.15, 0.2) is 0 Å². The normalized spacial score (nSPS) is 19.9. The molecule has 7 atom stereocenters. The average Bonchev–Trinajstić information content (AvgIpc) is 1.76. The van der Waals surface area contributed by atoms with Gasteiger partial charge in [0.05, 0.1) is 29.9 Å². The summed E-state index contributed by atoms with van der Waals surface area (Å²) in [6.45, 7) is 70.7. The molecule has 7 aliphatic rings. The molecule has 6 amide bonds. The van der Waals surface area contributed by atoms with Gasteiger partial charge in [0.2, 0.25) is 35.4 Å². The van der Waals surface area contributed by atoms with E-state index in [4.69, 9.17) is 0 Å². The zero-order valence-corrected chi connectivity index (χ0v) is 98.9. The number of likely N-dealkylation sites (tertiary alicyclic amines) is 3. The summed E-state index contributed by atoms with van der Waals surface area (Å²) < 4.78 is 0. The SMILES string of the molecule is C=C[CH-]/C(=C/[C@@H]1CCC/C1=C\CC=C)C[CH2-].C=C[CH-]/C(=C/[C@@H]1CCCN1C(=O)CC=C)C[CH2-].C=C[CH-]N(C[CH2-])C(=O)[C@@H]1CCC/C1=C\CC=C.C=C[CH-]N(C[CH2-])C(=O)[C@@H]1CCCN1C(=O)CC=C.[CH2-]C/C(=C\[C@@H]1CCC/C1=C\CNC)[CH-]C(C)=O.[CH2-]C/C(=C\[C@@H]1CCCN1C(=O)CNC)[CH-]C(C)=O.[CH2-]CN([CH-]C(C)=O)C(=O)[C@@H]1CCC/C1=C\CNC.[Y].[Y].[Y].[Y].[Y].[Y].[Y]. The molecule has 4 saturated carbocycles. The number of hydrogen-bond acceptors (Lipinski definition) is 12. The van der Waals surface area contributed by atoms with Gasteiger partial charge in [-0.05, 0) is 163 Å². The molecule has 3 aliphatic heterocycles. The summed E-state index contributed by atoms with van der Waals surface area (Å²) in [6.07, 6.45) is 63.2. The molecule has 7 radical (unpaired) electrons. The van der Waals surface area contributed by atoms with Crippen LogP contribution in [0.25, 0.3) is 0 Å². The standard InChI is InChI=1S/C16H22.C15H23NO.2C15H21NO.2C14H22N2O2.C14H20N2O2.7Y/c1-4-7-10-15-11-8-12-16(15)13-14(6-3)9-5-2;1-4-13(10-12(2)17)11-15-7-5-6-14(15)8-9-16-3;1-4-8-13(6-3)12-14-10-7-11-16(14)15(17)9-5-2;1-4-7-9-13-10-8-11-14(13)15(17)16(6-3)12-5-2;1-4-12(8-11(2)17)9-13-6-5-7-16(13)14(18)10-15-3;1-4-16(10-11(2)17)14(18)13-7-5-6-12(13)8-9-15-3;1-4-8-13(17)16-11-7-9-12(16)14(18)15(6-3)10-5-2;;;;;;;/h4-5,9-10,13,16H,1-3,6-8,11-12H2;8,10-11,15-16H,1,4-7,9H2,2-3H3;4-5,8,12,14H,1-3,6-7,9-11H2;4-5,9,12,14H,1-3,6-8,10-11H2;8-9,13,15H,1,4-7,10H2,2-3H3;8,10,13,15H,1,4-7,9H2,2-3H3;4-5,10,12H,1-3,6-9,11H2;;;;;;;/q7*-2;;;;;;;/b14-13+,15-10+;13-11+,14-8+;13-12+;13-9+;12-9+;12-8+;;;;;;;;/t16-;15-;2*14-;2*13-;12-;;;;;;;/m0001010......./s1. The van der Waals surface area contributed by atoms with Crippen LogP contribution in [0, 0.1) is 117 Å². The second-order valence-electron chi connectivity index (χ2n) is 30.4. The molecule has 0 bridgehead atoms. The third kappa shape index (κ3) is 56.3. The summed E-state index contributed by atoms with van der Waals surface area (Å²) in [6, 6.07) is -0.0380. The van der Waals surface area contributed by atoms with Crippen molar-refractivity contribution in [3.63, 3.8) is 0 Å². The Morgan fingerprint density at radius 1 is 0.391 bits per heavy atom. The van der Waals surface area contributed by atoms with Crippen LogP contribution in [0.2, 0.25) is 0 Å². The third-order valence-electron chi connectivity index (χ3n) is 21.3. The number of allylic oxidation sites excluding steroid dienone is 14. The van der Waals surface area contributed by atoms with E-state index < -0.39 is 0 Å². The predicted molar refractivity (Wildman–Crippen MR) is 503 cm³/mol. The van der Waals surface area contributed by atoms with Crippen molar-refractivity contribution in [1.82, 2.24) is 45.3 Å². The van der Waals surface area contributed by atoms with Gasteiger partial charge in [-0.2, -0.15) is 100.0 Å². The Kier molecular flexibility index (Phi) is 94.6. The van der Waals surface area contributed by atoms with Crippen LogP contribution in [0.3, 0.4) is 0 Å². The van der Waals surface area contributed by atoms with Crippen molar-refractivity contribution in [3.8, 4) is 0 Å². The average molecular weight is 2280 g/mol. The van der Waals surface area contributed by atoms with Gasteiger partial charge in [0.25, 0.3) is 0 Å². The molecule has 697 valence electrons. The maximum atomic E-state index is 12.3. The molecule has 128 heavy (non-hydrogen) atoms. The summed E-state index contributed by atoms with van der Waals surface area (Å²) in [4.78, 5) is 116. The van der Waals surface area contributed by atoms with Gasteiger partial charge in [-0.3, -0.25) is 28.8 Å². The quantitative estimate of drug-likeness (QED) is 0.0385. The molecule has 7 fully saturated rings. The van der Waals surface area contributed by atoms with Crippen molar-refractivity contribution < 1.29 is 272 Å². The molecule has 7 rings (SSSR count). The van der Waals surface area contributed by atoms with Crippen LogP contribution in [0.15, 0.2) is 194 Å². The second kappa shape index (κ2) is 86.9. The van der Waals surface area contributed by atoms with Gasteiger partial charge in [0, 0.05) is 286 Å². The fourth-order valence-electron chi connectivity index (χ4n) is 15.5. The number of nitrogens with one attached hydrogen (secondary N) is 3. The summed E-state index contributed by atoms with van der Waals surface area (Å²) in [5.74, 6) is 1.41. The Bertz CT molecular complexity index is 3570. The van der Waals surface area contributed by atoms with E-state index in [2.05, 4.69) is 166 Å². The van der Waals surface area contributed by atoms with Crippen molar-refractivity contribution in [2.75, 3.05) is 80.0 Å². The maximum Gasteiger partial charge on any atom is 0.235 e. The Morgan fingerprint density at radius 3 is 1.16 bits per heavy atom. The van der Waals surface area contributed by atoms with E-state index in [0.717, 1.165) is 139 Å². The van der Waals surface area contributed by atoms with E-state index in [0.29, 0.717) is 70.2 Å². The van der Waals surface area contributed by atoms with Crippen LogP contribution in [0.5, 0.6) is 0 Å². The molecule has 0 spiro atoms. The number of ketones is 3. The van der Waals surface area contributed by atoms with Gasteiger partial charge in [-0.15, -0.1) is 59.0 Å². The van der Waals surface area contributed by atoms with Gasteiger partial charge in [-0.25, -0.2) is 55.2 Å². The van der Waals surface area contributed by atoms with Gasteiger partial charge in [-0.1, -0.05) is 96.1 Å². The van der Waals surface area contributed by atoms with Crippen LogP contribution >= 0.6 is 0 Å². The fraction of sp³-hybridized carbons (Fsp3) is 0.466. The minimum atomic E-state index is -0.365. The van der Waals surface area contributed by atoms with Crippen molar-refractivity contribution in [2.45, 2.75) is 206 Å². The molecule has 4 aliphatic carbocycles. The number of amides is 6. The molecular weight excluding hydrogens is 2130 g/mol. The maximum absolute atomic E-state index is 12.3. The molecule has 0 aromatic heterocycles. The van der Waals surface area contributed by atoms with E-state index >= 15 is 0 Å². The minimum absolute atomic E-state index is 0. The predicted octanol–water partition coefficient (Wildman–Crippen LogP) is 18.1. The van der Waals surface area contributed by atoms with Crippen LogP contribution in [0.4, 0.5) is 0 Å². The van der Waals surface area contributed by atoms with Crippen LogP contribution in [-0.4, -0.2) is 180 Å². The van der Waals surface area contributed by atoms with Crippen molar-refractivity contribution in [2.24, 2.45) is 23.7 Å². The molecule has 18 nitrogen and oxygen atoms in total. The van der Waals surface area contributed by atoms with Gasteiger partial charge >= 0.3 is 0 Å². The smallest absolute Gasteiger partial charge is 0.235 e. The number of nitrogens with zero attached hydrogens (tertiary/aromatic N) is 6. The Balaban J connectivity index is -0.000000265. The van der Waals surface area contributed by atoms with Gasteiger partial charge < -0.3 is 108 Å². The Hall–Kier alpha value is -1.63. The largest absolute Gasteiger partial charge is 0.496 e. The number of Topliss-reactive ketones (excluding diaryl/α,β-unsaturated/α-hetero) is 3. The first-order valence-electron chi connectivity index (χ1n) is 43.5. The molecule has 0 unspecified atom stereocenters. The number of likely N-dealkylation sites (N-methyl/N-ethyl adjacent to an activating group) is 3. The fourth-order valence-corrected chi connectivity index (χ4v) is 15.5. The third-order valence-corrected chi connectivity index (χ3v) is 21.3. The first-order chi connectivity index (χ1) is 58.3. The summed E-state index contributed by atoms with van der Waals surface area (Å²) in [5, 5.41) is 9.08. The van der Waals surface area contributed by atoms with Crippen molar-refractivity contribution in [3.05, 3.63) is 288 Å². The van der Waals surface area contributed by atoms with Crippen LogP contribution in [0.1, 0.15) is 188 Å². The first-order valence-corrected chi connectivity index (χ1v) is 43.5. The monoisotopic (exact) mass is 2280 g/mol. The number of carbonyl (C=O) groups excluding carboxylic acids is 9. The topological polar surface area (TPSA) is 209 Å². The number of hydrogen-bond donors (Lipinski definition) is 3. The Labute approximate surface area is 954 Å². The van der Waals surface area contributed by atoms with Gasteiger partial charge in [0.1, 0.15) is 6.04 Å². The molecular formula is C103H151N9O9Y7-14. The Morgan fingerprint density at radius 2 is 0.750 bits per heavy atom. The van der Waals surface area contributed by atoms with E-state index in [1.807, 2.05) is 54.6 Å². The first kappa shape index (κ1) is 139. The second-order valence-corrected chi connectivity index (χ2v) is 30.4. The van der Waals surface area contributed by atoms with E-state index in [1.54, 1.807) is 85.7 Å². The molecule has 0 aromatic rings. The van der Waals surface area contributed by atoms with Crippen molar-refractivity contribution in [1.29, 1.82) is 0 Å². The van der Waals surface area contributed by atoms with Crippen LogP contribution in [-0.2, 0) is 272 Å². The zero-order valence-electron chi connectivity index (χ0n) is 79.1. The number of rotatable bonds is 42. The molecule has 3 saturated heterocycles. The summed E-state index contributed by atoms with van der Waals surface area (Å²) >= 11 is 0. The summed E-state index contributed by atoms with van der Waals surface area (Å²) in [7, 11) is 5.61. The molecule has 0 aromatic carbocycles. The van der Waals surface area contributed by atoms with E-state index in [9.17, 15) is 43.2 Å². The van der Waals surface area contributed by atoms with Crippen molar-refractivity contribution >= 4 is 52.8 Å². The summed E-state index contributed by atoms with van der Waals surface area (Å²) in [5.41, 5.74) is 9.94. The number of carbonyl (C=O) groups is 9. The minimum Gasteiger partial charge on any atom is -0.496 e. The van der Waals surface area contributed by atoms with E-state index in [1.165, 1.54) is 91.0 Å². The molecule has 3 heterocycles. The van der Waals surface area contributed by atoms with Crippen LogP contribution < -0.4 is 16.0 Å². The zero-order chi connectivity index (χ0) is 90.5. The molecule has 25 heteroatoms. The molecule has 3 N–H and O–H groups in total.